The molecule has 0 saturated carbocycles. The van der Waals surface area contributed by atoms with Crippen molar-refractivity contribution in [1.29, 1.82) is 0 Å². The highest BCUT2D eigenvalue weighted by Gasteiger charge is 2.23. The highest BCUT2D eigenvalue weighted by Crippen LogP contribution is 2.43. The van der Waals surface area contributed by atoms with E-state index in [0.717, 1.165) is 33.3 Å². The second-order valence-corrected chi connectivity index (χ2v) is 8.92. The van der Waals surface area contributed by atoms with E-state index >= 15 is 0 Å². The van der Waals surface area contributed by atoms with Crippen molar-refractivity contribution >= 4 is 28.4 Å². The Bertz CT molecular complexity index is 1660. The number of carbonyl (C=O) groups is 1. The van der Waals surface area contributed by atoms with Crippen LogP contribution in [0.1, 0.15) is 18.3 Å². The third-order valence-corrected chi connectivity index (χ3v) is 6.34. The Morgan fingerprint density at radius 3 is 2.45 bits per heavy atom. The van der Waals surface area contributed by atoms with Crippen LogP contribution in [-0.2, 0) is 18.3 Å². The van der Waals surface area contributed by atoms with Crippen LogP contribution in [0.4, 0.5) is 11.5 Å². The third-order valence-electron chi connectivity index (χ3n) is 6.34. The zero-order valence-electron chi connectivity index (χ0n) is 21.4. The molecule has 190 valence electrons. The summed E-state index contributed by atoms with van der Waals surface area (Å²) in [4.78, 5) is 29.5. The van der Waals surface area contributed by atoms with Crippen LogP contribution in [0.2, 0.25) is 0 Å². The summed E-state index contributed by atoms with van der Waals surface area (Å²) in [5.41, 5.74) is 12.8. The monoisotopic (exact) mass is 505 g/mol. The van der Waals surface area contributed by atoms with Gasteiger partial charge in [0.25, 0.3) is 5.91 Å². The van der Waals surface area contributed by atoms with E-state index in [1.807, 2.05) is 54.1 Å². The van der Waals surface area contributed by atoms with Gasteiger partial charge >= 0.3 is 0 Å². The minimum atomic E-state index is -0.223. The molecule has 0 bridgehead atoms. The minimum absolute atomic E-state index is 0.223. The number of hydrogen-bond donors (Lipinski definition) is 2. The van der Waals surface area contributed by atoms with Gasteiger partial charge < -0.3 is 20.4 Å². The van der Waals surface area contributed by atoms with Gasteiger partial charge in [0.15, 0.2) is 0 Å². The molecule has 0 aliphatic heterocycles. The van der Waals surface area contributed by atoms with Gasteiger partial charge in [-0.1, -0.05) is 30.8 Å². The third kappa shape index (κ3) is 4.57. The number of nitrogens with zero attached hydrogens (tertiary/aromatic N) is 5. The molecule has 0 aliphatic rings. The number of rotatable bonds is 7. The van der Waals surface area contributed by atoms with Gasteiger partial charge in [0, 0.05) is 48.2 Å². The highest BCUT2D eigenvalue weighted by atomic mass is 16.5. The first-order valence-electron chi connectivity index (χ1n) is 12.0. The second-order valence-electron chi connectivity index (χ2n) is 8.92. The van der Waals surface area contributed by atoms with Crippen LogP contribution in [0.15, 0.2) is 79.4 Å². The Morgan fingerprint density at radius 1 is 1.05 bits per heavy atom. The van der Waals surface area contributed by atoms with E-state index in [1.165, 1.54) is 6.33 Å². The summed E-state index contributed by atoms with van der Waals surface area (Å²) in [5, 5.41) is 3.60. The summed E-state index contributed by atoms with van der Waals surface area (Å²) in [5.74, 6) is 1.59. The van der Waals surface area contributed by atoms with E-state index in [-0.39, 0.29) is 5.91 Å². The molecule has 5 rings (SSSR count). The topological polar surface area (TPSA) is 121 Å². The Hall–Kier alpha value is -5.05. The lowest BCUT2D eigenvalue weighted by atomic mass is 9.96. The maximum absolute atomic E-state index is 12.1. The molecule has 0 saturated heterocycles. The molecule has 0 aliphatic carbocycles. The van der Waals surface area contributed by atoms with Crippen molar-refractivity contribution in [2.45, 2.75) is 13.3 Å². The van der Waals surface area contributed by atoms with Crippen molar-refractivity contribution in [3.8, 4) is 28.1 Å². The average Bonchev–Trinajstić information content (AvgIpc) is 3.23. The fourth-order valence-corrected chi connectivity index (χ4v) is 4.48. The molecule has 38 heavy (non-hydrogen) atoms. The molecule has 0 spiro atoms. The van der Waals surface area contributed by atoms with Crippen LogP contribution < -0.4 is 15.8 Å². The van der Waals surface area contributed by atoms with Crippen molar-refractivity contribution in [3.63, 3.8) is 0 Å². The number of aromatic nitrogens is 5. The summed E-state index contributed by atoms with van der Waals surface area (Å²) in [6, 6.07) is 15.5. The van der Waals surface area contributed by atoms with E-state index in [9.17, 15) is 4.79 Å². The zero-order valence-corrected chi connectivity index (χ0v) is 21.4. The number of benzene rings is 2. The van der Waals surface area contributed by atoms with Crippen molar-refractivity contribution in [3.05, 3.63) is 90.8 Å². The molecule has 3 aromatic heterocycles. The van der Waals surface area contributed by atoms with Crippen molar-refractivity contribution in [2.75, 3.05) is 18.2 Å². The lowest BCUT2D eigenvalue weighted by molar-refractivity contribution is -0.112. The van der Waals surface area contributed by atoms with Gasteiger partial charge in [0.2, 0.25) is 0 Å². The van der Waals surface area contributed by atoms with E-state index in [2.05, 4.69) is 31.8 Å². The van der Waals surface area contributed by atoms with Crippen molar-refractivity contribution in [2.24, 2.45) is 7.05 Å². The van der Waals surface area contributed by atoms with Crippen molar-refractivity contribution < 1.29 is 9.53 Å². The number of anilines is 2. The molecule has 1 amide bonds. The molecule has 9 nitrogen and oxygen atoms in total. The van der Waals surface area contributed by atoms with Crippen molar-refractivity contribution in [1.82, 2.24) is 24.5 Å². The summed E-state index contributed by atoms with van der Waals surface area (Å²) in [6.07, 6.45) is 5.45. The van der Waals surface area contributed by atoms with E-state index < -0.39 is 0 Å². The summed E-state index contributed by atoms with van der Waals surface area (Å²) in [6.45, 7) is 5.36. The Morgan fingerprint density at radius 2 is 1.76 bits per heavy atom. The van der Waals surface area contributed by atoms with Gasteiger partial charge in [-0.25, -0.2) is 19.9 Å². The number of nitrogens with two attached hydrogens (primary N) is 1. The minimum Gasteiger partial charge on any atom is -0.496 e. The van der Waals surface area contributed by atoms with Crippen LogP contribution in [0.5, 0.6) is 5.75 Å². The van der Waals surface area contributed by atoms with Crippen LogP contribution in [-0.4, -0.2) is 37.5 Å². The molecule has 0 atom stereocenters. The van der Waals surface area contributed by atoms with E-state index in [1.54, 1.807) is 32.5 Å². The van der Waals surface area contributed by atoms with E-state index in [0.29, 0.717) is 40.7 Å². The molecule has 5 aromatic rings. The van der Waals surface area contributed by atoms with Crippen LogP contribution in [0.3, 0.4) is 0 Å². The van der Waals surface area contributed by atoms with Crippen LogP contribution in [0.25, 0.3) is 33.4 Å². The smallest absolute Gasteiger partial charge is 0.250 e. The van der Waals surface area contributed by atoms with Gasteiger partial charge in [-0.15, -0.1) is 0 Å². The number of hydrogen-bond acceptors (Lipinski definition) is 7. The van der Waals surface area contributed by atoms with Crippen LogP contribution >= 0.6 is 0 Å². The number of amides is 1. The van der Waals surface area contributed by atoms with Gasteiger partial charge in [-0.3, -0.25) is 4.79 Å². The Kier molecular flexibility index (Phi) is 6.57. The molecule has 0 radical (unpaired) electrons. The zero-order chi connectivity index (χ0) is 26.8. The number of nitrogen functional groups attached to an aromatic ring is 1. The maximum Gasteiger partial charge on any atom is 0.250 e. The molecule has 2 aromatic carbocycles. The standard InChI is InChI=1S/C29H27N7O2/c1-17(2)29(37)35-21-10-8-18(9-11-21)26-24(25-27(30)33-16-34-28(25)36(26)3)20-7-6-19(22(14-20)38-4)15-23-31-12-5-13-32-23/h5-14,16H,1,15H2,2-4H3,(H,35,37)(H2,30,33,34). The predicted molar refractivity (Wildman–Crippen MR) is 149 cm³/mol. The molecule has 9 heteroatoms. The number of aryl methyl sites for hydroxylation is 1. The second kappa shape index (κ2) is 10.1. The lowest BCUT2D eigenvalue weighted by Crippen LogP contribution is -2.11. The molecule has 0 unspecified atom stereocenters. The fourth-order valence-electron chi connectivity index (χ4n) is 4.48. The Labute approximate surface area is 220 Å². The summed E-state index contributed by atoms with van der Waals surface area (Å²) in [7, 11) is 3.59. The first kappa shape index (κ1) is 24.6. The lowest BCUT2D eigenvalue weighted by Gasteiger charge is -2.13. The van der Waals surface area contributed by atoms with Gasteiger partial charge in [-0.2, -0.15) is 0 Å². The highest BCUT2D eigenvalue weighted by molar-refractivity contribution is 6.08. The number of ether oxygens (including phenoxy) is 1. The van der Waals surface area contributed by atoms with Crippen LogP contribution in [0, 0.1) is 0 Å². The van der Waals surface area contributed by atoms with E-state index in [4.69, 9.17) is 10.5 Å². The number of carbonyl (C=O) groups excluding carboxylic acids is 1. The first-order chi connectivity index (χ1) is 18.4. The number of fused-ring (bicyclic) bond motifs is 1. The molecular weight excluding hydrogens is 478 g/mol. The molecule has 3 N–H and O–H groups in total. The molecular formula is C29H27N7O2. The molecule has 0 fully saturated rings. The summed E-state index contributed by atoms with van der Waals surface area (Å²) >= 11 is 0. The van der Waals surface area contributed by atoms with Gasteiger partial charge in [-0.05, 0) is 42.3 Å². The average molecular weight is 506 g/mol. The van der Waals surface area contributed by atoms with Gasteiger partial charge in [0.05, 0.1) is 18.2 Å². The molecule has 3 heterocycles. The summed E-state index contributed by atoms with van der Waals surface area (Å²) < 4.78 is 7.78. The fraction of sp³-hybridized carbons (Fsp3) is 0.138. The predicted octanol–water partition coefficient (Wildman–Crippen LogP) is 4.79. The number of nitrogens with one attached hydrogen (secondary N) is 1. The first-order valence-corrected chi connectivity index (χ1v) is 12.0. The normalized spacial score (nSPS) is 10.9. The maximum atomic E-state index is 12.1. The van der Waals surface area contributed by atoms with Gasteiger partial charge in [0.1, 0.15) is 29.4 Å². The quantitative estimate of drug-likeness (QED) is 0.305. The number of methoxy groups -OCH3 is 1. The largest absolute Gasteiger partial charge is 0.496 e. The Balaban J connectivity index is 1.64. The SMILES string of the molecule is C=C(C)C(=O)Nc1ccc(-c2c(-c3ccc(Cc4ncccn4)c(OC)c3)c3c(N)ncnc3n2C)cc1.